The van der Waals surface area contributed by atoms with E-state index in [1.807, 2.05) is 19.1 Å². The number of carboxylic acid groups (broad SMARTS) is 2. The normalized spacial score (nSPS) is 11.2. The van der Waals surface area contributed by atoms with Gasteiger partial charge in [-0.05, 0) is 30.9 Å². The molecule has 0 amide bonds. The number of aryl methyl sites for hydroxylation is 2. The van der Waals surface area contributed by atoms with Gasteiger partial charge in [0.25, 0.3) is 0 Å². The van der Waals surface area contributed by atoms with E-state index in [4.69, 9.17) is 10.2 Å². The molecule has 0 aliphatic heterocycles. The second-order valence-electron chi connectivity index (χ2n) is 8.29. The van der Waals surface area contributed by atoms with Crippen molar-refractivity contribution in [1.29, 1.82) is 0 Å². The van der Waals surface area contributed by atoms with Gasteiger partial charge in [0.15, 0.2) is 0 Å². The van der Waals surface area contributed by atoms with Gasteiger partial charge in [0.1, 0.15) is 5.75 Å². The smallest absolute Gasteiger partial charge is 0.317 e. The van der Waals surface area contributed by atoms with Crippen molar-refractivity contribution in [2.45, 2.75) is 91.0 Å². The Balaban J connectivity index is 2.49. The maximum Gasteiger partial charge on any atom is 0.317 e. The van der Waals surface area contributed by atoms with Crippen molar-refractivity contribution in [3.8, 4) is 5.75 Å². The molecule has 0 aromatic heterocycles. The molecule has 0 atom stereocenters. The van der Waals surface area contributed by atoms with Crippen molar-refractivity contribution < 1.29 is 24.9 Å². The quantitative estimate of drug-likeness (QED) is 0.301. The number of aliphatic carboxylic acids is 2. The molecule has 0 radical (unpaired) electrons. The van der Waals surface area contributed by atoms with Crippen LogP contribution >= 0.6 is 0 Å². The van der Waals surface area contributed by atoms with Crippen molar-refractivity contribution in [3.63, 3.8) is 0 Å². The van der Waals surface area contributed by atoms with Crippen LogP contribution in [0, 0.1) is 6.92 Å². The first-order chi connectivity index (χ1) is 14.3. The Morgan fingerprint density at radius 1 is 0.833 bits per heavy atom. The highest BCUT2D eigenvalue weighted by Crippen LogP contribution is 2.26. The number of phenolic OH excluding ortho intramolecular Hbond substituents is 1. The van der Waals surface area contributed by atoms with Gasteiger partial charge in [-0.3, -0.25) is 14.5 Å². The predicted molar refractivity (Wildman–Crippen MR) is 119 cm³/mol. The van der Waals surface area contributed by atoms with Crippen molar-refractivity contribution in [2.24, 2.45) is 0 Å². The van der Waals surface area contributed by atoms with Crippen molar-refractivity contribution in [1.82, 2.24) is 4.90 Å². The van der Waals surface area contributed by atoms with E-state index in [9.17, 15) is 14.7 Å². The zero-order valence-corrected chi connectivity index (χ0v) is 18.7. The summed E-state index contributed by atoms with van der Waals surface area (Å²) < 4.78 is 0. The Morgan fingerprint density at radius 3 is 1.83 bits per heavy atom. The summed E-state index contributed by atoms with van der Waals surface area (Å²) in [6.45, 7) is 3.39. The lowest BCUT2D eigenvalue weighted by molar-refractivity contribution is -0.142. The van der Waals surface area contributed by atoms with E-state index in [0.717, 1.165) is 24.0 Å². The molecule has 0 saturated carbocycles. The summed E-state index contributed by atoms with van der Waals surface area (Å²) >= 11 is 0. The number of carbonyl (C=O) groups is 2. The zero-order valence-electron chi connectivity index (χ0n) is 18.7. The fourth-order valence-corrected chi connectivity index (χ4v) is 3.81. The van der Waals surface area contributed by atoms with E-state index in [1.54, 1.807) is 0 Å². The number of rotatable bonds is 17. The molecule has 1 aromatic carbocycles. The predicted octanol–water partition coefficient (Wildman–Crippen LogP) is 5.14. The fraction of sp³-hybridized carbons (Fsp3) is 0.667. The van der Waals surface area contributed by atoms with E-state index in [0.29, 0.717) is 5.56 Å². The Hall–Kier alpha value is -2.08. The monoisotopic (exact) mass is 421 g/mol. The largest absolute Gasteiger partial charge is 0.507 e. The molecule has 6 heteroatoms. The number of phenols is 1. The van der Waals surface area contributed by atoms with E-state index in [1.165, 1.54) is 62.7 Å². The van der Waals surface area contributed by atoms with Crippen LogP contribution in [0.1, 0.15) is 87.8 Å². The van der Waals surface area contributed by atoms with Crippen LogP contribution in [0.2, 0.25) is 0 Å². The summed E-state index contributed by atoms with van der Waals surface area (Å²) in [7, 11) is 0. The van der Waals surface area contributed by atoms with Crippen molar-refractivity contribution in [2.75, 3.05) is 13.1 Å². The highest BCUT2D eigenvalue weighted by atomic mass is 16.4. The molecule has 0 bridgehead atoms. The molecule has 0 saturated heterocycles. The van der Waals surface area contributed by atoms with Gasteiger partial charge < -0.3 is 15.3 Å². The van der Waals surface area contributed by atoms with Gasteiger partial charge in [0.05, 0.1) is 13.1 Å². The number of carboxylic acids is 2. The molecule has 30 heavy (non-hydrogen) atoms. The Bertz CT molecular complexity index is 643. The van der Waals surface area contributed by atoms with Crippen molar-refractivity contribution >= 4 is 11.9 Å². The van der Waals surface area contributed by atoms with Crippen LogP contribution in [0.4, 0.5) is 0 Å². The third kappa shape index (κ3) is 11.2. The summed E-state index contributed by atoms with van der Waals surface area (Å²) in [6.07, 6.45) is 13.7. The van der Waals surface area contributed by atoms with E-state index in [-0.39, 0.29) is 25.4 Å². The molecule has 1 rings (SSSR count). The lowest BCUT2D eigenvalue weighted by atomic mass is 9.99. The molecular formula is C24H39NO5. The molecule has 170 valence electrons. The maximum absolute atomic E-state index is 11.0. The number of hydrogen-bond acceptors (Lipinski definition) is 4. The van der Waals surface area contributed by atoms with Gasteiger partial charge in [-0.2, -0.15) is 0 Å². The minimum Gasteiger partial charge on any atom is -0.507 e. The van der Waals surface area contributed by atoms with Gasteiger partial charge in [-0.15, -0.1) is 0 Å². The lowest BCUT2D eigenvalue weighted by Gasteiger charge is -2.20. The SMILES string of the molecule is CCCCCCCCCCCCc1cc(C)c(O)c(CN(CC(=O)O)CC(=O)O)c1. The van der Waals surface area contributed by atoms with E-state index >= 15 is 0 Å². The first-order valence-corrected chi connectivity index (χ1v) is 11.3. The number of nitrogens with zero attached hydrogens (tertiary/aromatic N) is 1. The number of unbranched alkanes of at least 4 members (excludes halogenated alkanes) is 9. The molecule has 0 aliphatic rings. The standard InChI is InChI=1S/C24H39NO5/c1-3-4-5-6-7-8-9-10-11-12-13-20-14-19(2)24(30)21(15-20)16-25(17-22(26)27)18-23(28)29/h14-15,30H,3-13,16-18H2,1-2H3,(H,26,27)(H,28,29). The Kier molecular flexibility index (Phi) is 12.8. The average molecular weight is 422 g/mol. The highest BCUT2D eigenvalue weighted by Gasteiger charge is 2.17. The number of hydrogen-bond donors (Lipinski definition) is 3. The maximum atomic E-state index is 11.0. The summed E-state index contributed by atoms with van der Waals surface area (Å²) in [6, 6.07) is 3.85. The van der Waals surface area contributed by atoms with Crippen LogP contribution in [0.3, 0.4) is 0 Å². The second-order valence-corrected chi connectivity index (χ2v) is 8.29. The van der Waals surface area contributed by atoms with E-state index < -0.39 is 11.9 Å². The van der Waals surface area contributed by atoms with Crippen LogP contribution in [-0.4, -0.2) is 45.2 Å². The summed E-state index contributed by atoms with van der Waals surface area (Å²) in [5, 5.41) is 28.4. The summed E-state index contributed by atoms with van der Waals surface area (Å²) in [5.41, 5.74) is 2.42. The van der Waals surface area contributed by atoms with Crippen LogP contribution in [0.25, 0.3) is 0 Å². The van der Waals surface area contributed by atoms with Gasteiger partial charge >= 0.3 is 11.9 Å². The van der Waals surface area contributed by atoms with E-state index in [2.05, 4.69) is 6.92 Å². The Labute approximate surface area is 180 Å². The summed E-state index contributed by atoms with van der Waals surface area (Å²) in [4.78, 5) is 23.3. The number of benzene rings is 1. The van der Waals surface area contributed by atoms with Gasteiger partial charge in [0.2, 0.25) is 0 Å². The molecular weight excluding hydrogens is 382 g/mol. The molecule has 0 aliphatic carbocycles. The van der Waals surface area contributed by atoms with Crippen molar-refractivity contribution in [3.05, 3.63) is 28.8 Å². The summed E-state index contributed by atoms with van der Waals surface area (Å²) in [5.74, 6) is -2.06. The van der Waals surface area contributed by atoms with Gasteiger partial charge in [0, 0.05) is 12.1 Å². The Morgan fingerprint density at radius 2 is 1.33 bits per heavy atom. The number of aromatic hydroxyl groups is 1. The molecule has 6 nitrogen and oxygen atoms in total. The second kappa shape index (κ2) is 14.8. The molecule has 1 aromatic rings. The fourth-order valence-electron chi connectivity index (χ4n) is 3.81. The molecule has 0 fully saturated rings. The first-order valence-electron chi connectivity index (χ1n) is 11.3. The zero-order chi connectivity index (χ0) is 22.4. The van der Waals surface area contributed by atoms with Crippen LogP contribution < -0.4 is 0 Å². The van der Waals surface area contributed by atoms with Crippen LogP contribution in [0.5, 0.6) is 5.75 Å². The molecule has 0 spiro atoms. The third-order valence-corrected chi connectivity index (χ3v) is 5.37. The third-order valence-electron chi connectivity index (χ3n) is 5.37. The average Bonchev–Trinajstić information content (AvgIpc) is 2.66. The molecule has 0 heterocycles. The minimum absolute atomic E-state index is 0.0944. The van der Waals surface area contributed by atoms with Crippen LogP contribution in [-0.2, 0) is 22.6 Å². The topological polar surface area (TPSA) is 98.1 Å². The molecule has 0 unspecified atom stereocenters. The molecule has 3 N–H and O–H groups in total. The van der Waals surface area contributed by atoms with Crippen LogP contribution in [0.15, 0.2) is 12.1 Å². The lowest BCUT2D eigenvalue weighted by Crippen LogP contribution is -2.34. The van der Waals surface area contributed by atoms with Gasteiger partial charge in [-0.1, -0.05) is 76.8 Å². The first kappa shape index (κ1) is 26.0. The minimum atomic E-state index is -1.09. The highest BCUT2D eigenvalue weighted by molar-refractivity contribution is 5.72. The van der Waals surface area contributed by atoms with Gasteiger partial charge in [-0.25, -0.2) is 0 Å².